The number of piperidine rings is 1. The van der Waals surface area contributed by atoms with Gasteiger partial charge in [-0.1, -0.05) is 19.1 Å². The molecule has 2 aliphatic rings. The Kier molecular flexibility index (Phi) is 3.63. The van der Waals surface area contributed by atoms with Gasteiger partial charge in [0.2, 0.25) is 0 Å². The van der Waals surface area contributed by atoms with E-state index in [4.69, 9.17) is 0 Å². The number of hydrogen-bond acceptors (Lipinski definition) is 2. The van der Waals surface area contributed by atoms with Gasteiger partial charge in [-0.05, 0) is 49.9 Å². The topological polar surface area (TPSA) is 20.3 Å². The third-order valence-electron chi connectivity index (χ3n) is 5.29. The van der Waals surface area contributed by atoms with Crippen LogP contribution < -0.4 is 0 Å². The first kappa shape index (κ1) is 13.7. The molecule has 3 rings (SSSR count). The molecule has 0 aliphatic carbocycles. The SMILES string of the molecule is CCC(=O)[C@H]1[C@@H](c2ccc(F)cc2)CC2CC[C@@H]1N2C. The van der Waals surface area contributed by atoms with Gasteiger partial charge in [-0.15, -0.1) is 0 Å². The van der Waals surface area contributed by atoms with Gasteiger partial charge in [-0.3, -0.25) is 9.69 Å². The molecule has 20 heavy (non-hydrogen) atoms. The molecule has 2 heterocycles. The molecule has 3 heteroatoms. The van der Waals surface area contributed by atoms with Gasteiger partial charge in [0.15, 0.2) is 0 Å². The number of ketones is 1. The maximum atomic E-state index is 13.1. The molecule has 0 aromatic heterocycles. The van der Waals surface area contributed by atoms with Crippen LogP contribution in [-0.4, -0.2) is 29.8 Å². The lowest BCUT2D eigenvalue weighted by Gasteiger charge is -2.42. The number of rotatable bonds is 3. The molecule has 0 N–H and O–H groups in total. The van der Waals surface area contributed by atoms with Crippen molar-refractivity contribution < 1.29 is 9.18 Å². The van der Waals surface area contributed by atoms with Crippen molar-refractivity contribution >= 4 is 5.78 Å². The molecule has 0 radical (unpaired) electrons. The predicted octanol–water partition coefficient (Wildman–Crippen LogP) is 3.37. The number of carbonyl (C=O) groups excluding carboxylic acids is 1. The number of hydrogen-bond donors (Lipinski definition) is 0. The number of halogens is 1. The van der Waals surface area contributed by atoms with Crippen LogP contribution in [0.3, 0.4) is 0 Å². The Morgan fingerprint density at radius 1 is 1.30 bits per heavy atom. The van der Waals surface area contributed by atoms with E-state index in [1.165, 1.54) is 18.6 Å². The summed E-state index contributed by atoms with van der Waals surface area (Å²) in [5, 5.41) is 0. The molecule has 1 aromatic carbocycles. The van der Waals surface area contributed by atoms with E-state index in [9.17, 15) is 9.18 Å². The van der Waals surface area contributed by atoms with Crippen molar-refractivity contribution in [2.75, 3.05) is 7.05 Å². The van der Waals surface area contributed by atoms with Crippen LogP contribution in [0.5, 0.6) is 0 Å². The molecule has 4 atom stereocenters. The van der Waals surface area contributed by atoms with Crippen molar-refractivity contribution in [1.82, 2.24) is 4.90 Å². The van der Waals surface area contributed by atoms with Crippen molar-refractivity contribution in [3.05, 3.63) is 35.6 Å². The second-order valence-electron chi connectivity index (χ2n) is 6.20. The van der Waals surface area contributed by atoms with Gasteiger partial charge in [0.1, 0.15) is 11.6 Å². The van der Waals surface area contributed by atoms with E-state index in [0.717, 1.165) is 18.4 Å². The summed E-state index contributed by atoms with van der Waals surface area (Å²) in [7, 11) is 2.15. The summed E-state index contributed by atoms with van der Waals surface area (Å²) >= 11 is 0. The Morgan fingerprint density at radius 2 is 2.00 bits per heavy atom. The zero-order valence-corrected chi connectivity index (χ0v) is 12.2. The average molecular weight is 275 g/mol. The Balaban J connectivity index is 1.95. The fourth-order valence-corrected chi connectivity index (χ4v) is 4.19. The molecule has 2 nitrogen and oxygen atoms in total. The van der Waals surface area contributed by atoms with E-state index in [2.05, 4.69) is 11.9 Å². The van der Waals surface area contributed by atoms with Crippen molar-refractivity contribution in [3.8, 4) is 0 Å². The van der Waals surface area contributed by atoms with Crippen molar-refractivity contribution in [2.24, 2.45) is 5.92 Å². The quantitative estimate of drug-likeness (QED) is 0.843. The molecule has 2 saturated heterocycles. The first-order chi connectivity index (χ1) is 9.61. The molecule has 0 amide bonds. The van der Waals surface area contributed by atoms with Crippen LogP contribution in [0.2, 0.25) is 0 Å². The molecule has 2 bridgehead atoms. The molecule has 1 aromatic rings. The number of carbonyl (C=O) groups is 1. The van der Waals surface area contributed by atoms with E-state index < -0.39 is 0 Å². The van der Waals surface area contributed by atoms with E-state index in [1.54, 1.807) is 0 Å². The van der Waals surface area contributed by atoms with Crippen LogP contribution >= 0.6 is 0 Å². The van der Waals surface area contributed by atoms with Gasteiger partial charge in [0.05, 0.1) is 0 Å². The lowest BCUT2D eigenvalue weighted by Crippen LogP contribution is -2.48. The van der Waals surface area contributed by atoms with Crippen molar-refractivity contribution in [3.63, 3.8) is 0 Å². The third kappa shape index (κ3) is 2.18. The summed E-state index contributed by atoms with van der Waals surface area (Å²) in [5.41, 5.74) is 1.13. The van der Waals surface area contributed by atoms with Crippen molar-refractivity contribution in [2.45, 2.75) is 50.6 Å². The van der Waals surface area contributed by atoms with E-state index in [-0.39, 0.29) is 17.7 Å². The molecule has 1 unspecified atom stereocenters. The maximum Gasteiger partial charge on any atom is 0.137 e. The molecule has 0 saturated carbocycles. The zero-order valence-electron chi connectivity index (χ0n) is 12.2. The van der Waals surface area contributed by atoms with Crippen LogP contribution in [-0.2, 0) is 4.79 Å². The lowest BCUT2D eigenvalue weighted by atomic mass is 9.73. The number of Topliss-reactive ketones (excluding diaryl/α,β-unsaturated/α-hetero) is 1. The van der Waals surface area contributed by atoms with Gasteiger partial charge in [0.25, 0.3) is 0 Å². The monoisotopic (exact) mass is 275 g/mol. The molecule has 2 aliphatic heterocycles. The number of nitrogens with zero attached hydrogens (tertiary/aromatic N) is 1. The number of fused-ring (bicyclic) bond motifs is 2. The maximum absolute atomic E-state index is 13.1. The van der Waals surface area contributed by atoms with Crippen LogP contribution in [0.4, 0.5) is 4.39 Å². The number of benzene rings is 1. The molecule has 2 fully saturated rings. The van der Waals surface area contributed by atoms with Crippen LogP contribution in [0.15, 0.2) is 24.3 Å². The first-order valence-electron chi connectivity index (χ1n) is 7.62. The van der Waals surface area contributed by atoms with Crippen LogP contribution in [0.1, 0.15) is 44.1 Å². The zero-order chi connectivity index (χ0) is 14.3. The molecular formula is C17H22FNO. The fourth-order valence-electron chi connectivity index (χ4n) is 4.19. The second kappa shape index (κ2) is 5.28. The van der Waals surface area contributed by atoms with E-state index in [1.807, 2.05) is 19.1 Å². The Bertz CT molecular complexity index is 498. The standard InChI is InChI=1S/C17H22FNO/c1-3-16(20)17-14(11-4-6-12(18)7-5-11)10-13-8-9-15(17)19(13)2/h4-7,13-15,17H,3,8-10H2,1-2H3/t13?,14-,15+,17+/m1/s1. The summed E-state index contributed by atoms with van der Waals surface area (Å²) in [6.07, 6.45) is 3.92. The highest BCUT2D eigenvalue weighted by Crippen LogP contribution is 2.46. The van der Waals surface area contributed by atoms with Crippen molar-refractivity contribution in [1.29, 1.82) is 0 Å². The summed E-state index contributed by atoms with van der Waals surface area (Å²) in [5.74, 6) is 0.491. The van der Waals surface area contributed by atoms with E-state index >= 15 is 0 Å². The van der Waals surface area contributed by atoms with Gasteiger partial charge >= 0.3 is 0 Å². The Morgan fingerprint density at radius 3 is 2.65 bits per heavy atom. The van der Waals surface area contributed by atoms with Gasteiger partial charge in [-0.25, -0.2) is 4.39 Å². The average Bonchev–Trinajstić information content (AvgIpc) is 2.70. The van der Waals surface area contributed by atoms with E-state index in [0.29, 0.717) is 24.3 Å². The minimum atomic E-state index is -0.206. The van der Waals surface area contributed by atoms with Crippen LogP contribution in [0.25, 0.3) is 0 Å². The second-order valence-corrected chi connectivity index (χ2v) is 6.20. The summed E-state index contributed by atoms with van der Waals surface area (Å²) in [6, 6.07) is 7.71. The summed E-state index contributed by atoms with van der Waals surface area (Å²) in [6.45, 7) is 1.95. The largest absolute Gasteiger partial charge is 0.300 e. The van der Waals surface area contributed by atoms with Gasteiger partial charge in [-0.2, -0.15) is 0 Å². The predicted molar refractivity (Wildman–Crippen MR) is 77.1 cm³/mol. The normalized spacial score (nSPS) is 33.4. The smallest absolute Gasteiger partial charge is 0.137 e. The molecule has 108 valence electrons. The Hall–Kier alpha value is -1.22. The highest BCUT2D eigenvalue weighted by molar-refractivity contribution is 5.82. The highest BCUT2D eigenvalue weighted by atomic mass is 19.1. The van der Waals surface area contributed by atoms with Gasteiger partial charge < -0.3 is 0 Å². The molecule has 0 spiro atoms. The highest BCUT2D eigenvalue weighted by Gasteiger charge is 2.48. The fraction of sp³-hybridized carbons (Fsp3) is 0.588. The lowest BCUT2D eigenvalue weighted by molar-refractivity contribution is -0.126. The summed E-state index contributed by atoms with van der Waals surface area (Å²) < 4.78 is 13.1. The summed E-state index contributed by atoms with van der Waals surface area (Å²) in [4.78, 5) is 14.9. The third-order valence-corrected chi connectivity index (χ3v) is 5.29. The Labute approximate surface area is 120 Å². The first-order valence-corrected chi connectivity index (χ1v) is 7.62. The van der Waals surface area contributed by atoms with Crippen LogP contribution in [0, 0.1) is 11.7 Å². The minimum absolute atomic E-state index is 0.0780. The minimum Gasteiger partial charge on any atom is -0.300 e. The molecular weight excluding hydrogens is 253 g/mol. The van der Waals surface area contributed by atoms with Gasteiger partial charge in [0, 0.05) is 24.4 Å².